The average molecular weight is 344 g/mol. The first kappa shape index (κ1) is 13.8. The summed E-state index contributed by atoms with van der Waals surface area (Å²) in [6.07, 6.45) is 0. The molecule has 4 nitrogen and oxygen atoms in total. The van der Waals surface area contributed by atoms with E-state index in [0.29, 0.717) is 15.8 Å². The number of rotatable bonds is 1. The van der Waals surface area contributed by atoms with Crippen LogP contribution >= 0.6 is 15.9 Å². The Kier molecular flexibility index (Phi) is 3.29. The summed E-state index contributed by atoms with van der Waals surface area (Å²) >= 11 is 3.30. The Morgan fingerprint density at radius 2 is 1.76 bits per heavy atom. The van der Waals surface area contributed by atoms with E-state index in [1.54, 1.807) is 4.57 Å². The molecule has 2 N–H and O–H groups in total. The van der Waals surface area contributed by atoms with E-state index in [0.717, 1.165) is 22.3 Å². The predicted molar refractivity (Wildman–Crippen MR) is 88.9 cm³/mol. The summed E-state index contributed by atoms with van der Waals surface area (Å²) in [5.74, 6) is 0. The SMILES string of the molecule is Cc1ccc(-n2c(=O)c(Br)c(N)c3ccc(C)nc32)cc1. The van der Waals surface area contributed by atoms with E-state index < -0.39 is 0 Å². The minimum Gasteiger partial charge on any atom is -0.397 e. The molecular weight excluding hydrogens is 330 g/mol. The number of nitrogens with zero attached hydrogens (tertiary/aromatic N) is 2. The maximum Gasteiger partial charge on any atom is 0.273 e. The van der Waals surface area contributed by atoms with E-state index >= 15 is 0 Å². The second-order valence-electron chi connectivity index (χ2n) is 5.03. The number of benzene rings is 1. The molecule has 3 aromatic rings. The second kappa shape index (κ2) is 5.00. The highest BCUT2D eigenvalue weighted by Crippen LogP contribution is 2.26. The molecule has 2 heterocycles. The van der Waals surface area contributed by atoms with Crippen LogP contribution in [0.1, 0.15) is 11.3 Å². The van der Waals surface area contributed by atoms with Crippen molar-refractivity contribution in [3.8, 4) is 5.69 Å². The van der Waals surface area contributed by atoms with Crippen molar-refractivity contribution in [3.05, 3.63) is 62.5 Å². The minimum atomic E-state index is -0.207. The molecule has 2 aromatic heterocycles. The first-order valence-electron chi connectivity index (χ1n) is 6.53. The van der Waals surface area contributed by atoms with Gasteiger partial charge in [-0.1, -0.05) is 17.7 Å². The van der Waals surface area contributed by atoms with Crippen molar-refractivity contribution >= 4 is 32.7 Å². The van der Waals surface area contributed by atoms with Crippen molar-refractivity contribution in [1.29, 1.82) is 0 Å². The Labute approximate surface area is 130 Å². The fourth-order valence-electron chi connectivity index (χ4n) is 2.28. The Balaban J connectivity index is 2.48. The molecule has 0 aliphatic heterocycles. The van der Waals surface area contributed by atoms with Gasteiger partial charge >= 0.3 is 0 Å². The van der Waals surface area contributed by atoms with Crippen molar-refractivity contribution in [1.82, 2.24) is 9.55 Å². The van der Waals surface area contributed by atoms with E-state index in [1.807, 2.05) is 50.2 Å². The third-order valence-electron chi connectivity index (χ3n) is 3.44. The molecule has 0 radical (unpaired) electrons. The van der Waals surface area contributed by atoms with Crippen molar-refractivity contribution < 1.29 is 0 Å². The summed E-state index contributed by atoms with van der Waals surface area (Å²) in [7, 11) is 0. The lowest BCUT2D eigenvalue weighted by atomic mass is 10.2. The van der Waals surface area contributed by atoms with Crippen LogP contribution in [0.5, 0.6) is 0 Å². The molecule has 0 bridgehead atoms. The van der Waals surface area contributed by atoms with Crippen LogP contribution in [0.25, 0.3) is 16.7 Å². The quantitative estimate of drug-likeness (QED) is 0.736. The number of hydrogen-bond acceptors (Lipinski definition) is 3. The van der Waals surface area contributed by atoms with Crippen molar-refractivity contribution in [3.63, 3.8) is 0 Å². The van der Waals surface area contributed by atoms with Crippen LogP contribution in [0.15, 0.2) is 45.7 Å². The molecular formula is C16H14BrN3O. The van der Waals surface area contributed by atoms with Gasteiger partial charge in [-0.05, 0) is 54.0 Å². The van der Waals surface area contributed by atoms with Gasteiger partial charge in [-0.25, -0.2) is 4.98 Å². The number of hydrogen-bond donors (Lipinski definition) is 1. The summed E-state index contributed by atoms with van der Waals surface area (Å²) in [4.78, 5) is 17.1. The van der Waals surface area contributed by atoms with Crippen LogP contribution in [0.4, 0.5) is 5.69 Å². The number of anilines is 1. The average Bonchev–Trinajstić information content (AvgIpc) is 2.47. The van der Waals surface area contributed by atoms with Gasteiger partial charge in [0, 0.05) is 11.1 Å². The van der Waals surface area contributed by atoms with Gasteiger partial charge in [0.15, 0.2) is 0 Å². The number of fused-ring (bicyclic) bond motifs is 1. The molecule has 0 saturated carbocycles. The lowest BCUT2D eigenvalue weighted by Crippen LogP contribution is -2.22. The van der Waals surface area contributed by atoms with Gasteiger partial charge < -0.3 is 5.73 Å². The highest BCUT2D eigenvalue weighted by atomic mass is 79.9. The van der Waals surface area contributed by atoms with E-state index in [4.69, 9.17) is 5.73 Å². The Hall–Kier alpha value is -2.14. The molecule has 5 heteroatoms. The molecule has 0 unspecified atom stereocenters. The third kappa shape index (κ3) is 2.23. The molecule has 0 atom stereocenters. The summed E-state index contributed by atoms with van der Waals surface area (Å²) in [6.45, 7) is 3.90. The summed E-state index contributed by atoms with van der Waals surface area (Å²) < 4.78 is 1.95. The molecule has 0 fully saturated rings. The van der Waals surface area contributed by atoms with Crippen LogP contribution in [-0.2, 0) is 0 Å². The number of aryl methyl sites for hydroxylation is 2. The zero-order chi connectivity index (χ0) is 15.1. The highest BCUT2D eigenvalue weighted by Gasteiger charge is 2.15. The lowest BCUT2D eigenvalue weighted by molar-refractivity contribution is 0.997. The standard InChI is InChI=1S/C16H14BrN3O/c1-9-3-6-11(7-4-9)20-15-12(8-5-10(2)19-15)14(18)13(17)16(20)21/h3-8H,18H2,1-2H3. The first-order valence-corrected chi connectivity index (χ1v) is 7.32. The highest BCUT2D eigenvalue weighted by molar-refractivity contribution is 9.10. The van der Waals surface area contributed by atoms with Gasteiger partial charge in [0.2, 0.25) is 0 Å². The summed E-state index contributed by atoms with van der Waals surface area (Å²) in [5.41, 5.74) is 9.57. The second-order valence-corrected chi connectivity index (χ2v) is 5.82. The molecule has 0 aliphatic carbocycles. The number of pyridine rings is 2. The van der Waals surface area contributed by atoms with E-state index in [-0.39, 0.29) is 5.56 Å². The zero-order valence-corrected chi connectivity index (χ0v) is 13.3. The minimum absolute atomic E-state index is 0.207. The number of halogens is 1. The molecule has 0 saturated heterocycles. The van der Waals surface area contributed by atoms with E-state index in [2.05, 4.69) is 20.9 Å². The Bertz CT molecular complexity index is 898. The number of aromatic nitrogens is 2. The zero-order valence-electron chi connectivity index (χ0n) is 11.7. The van der Waals surface area contributed by atoms with Crippen LogP contribution in [-0.4, -0.2) is 9.55 Å². The van der Waals surface area contributed by atoms with Crippen LogP contribution < -0.4 is 11.3 Å². The van der Waals surface area contributed by atoms with E-state index in [9.17, 15) is 4.79 Å². The Morgan fingerprint density at radius 1 is 1.10 bits per heavy atom. The number of nitrogens with two attached hydrogens (primary N) is 1. The molecule has 0 aliphatic rings. The molecule has 21 heavy (non-hydrogen) atoms. The largest absolute Gasteiger partial charge is 0.397 e. The fourth-order valence-corrected chi connectivity index (χ4v) is 2.68. The van der Waals surface area contributed by atoms with Crippen molar-refractivity contribution in [2.24, 2.45) is 0 Å². The van der Waals surface area contributed by atoms with Crippen LogP contribution in [0, 0.1) is 13.8 Å². The van der Waals surface area contributed by atoms with Gasteiger partial charge in [0.05, 0.1) is 11.4 Å². The van der Waals surface area contributed by atoms with Gasteiger partial charge in [-0.3, -0.25) is 9.36 Å². The summed E-state index contributed by atoms with van der Waals surface area (Å²) in [5, 5.41) is 0.757. The maximum atomic E-state index is 12.6. The molecule has 1 aromatic carbocycles. The molecule has 106 valence electrons. The van der Waals surface area contributed by atoms with E-state index in [1.165, 1.54) is 0 Å². The monoisotopic (exact) mass is 343 g/mol. The lowest BCUT2D eigenvalue weighted by Gasteiger charge is -2.13. The predicted octanol–water partition coefficient (Wildman–Crippen LogP) is 3.35. The number of nitrogen functional groups attached to an aromatic ring is 1. The Morgan fingerprint density at radius 3 is 2.43 bits per heavy atom. The molecule has 0 amide bonds. The van der Waals surface area contributed by atoms with Gasteiger partial charge in [-0.15, -0.1) is 0 Å². The van der Waals surface area contributed by atoms with Crippen LogP contribution in [0.2, 0.25) is 0 Å². The fraction of sp³-hybridized carbons (Fsp3) is 0.125. The van der Waals surface area contributed by atoms with Crippen molar-refractivity contribution in [2.45, 2.75) is 13.8 Å². The van der Waals surface area contributed by atoms with Crippen LogP contribution in [0.3, 0.4) is 0 Å². The van der Waals surface area contributed by atoms with Crippen molar-refractivity contribution in [2.75, 3.05) is 5.73 Å². The van der Waals surface area contributed by atoms with Gasteiger partial charge in [0.25, 0.3) is 5.56 Å². The normalized spacial score (nSPS) is 11.0. The van der Waals surface area contributed by atoms with Gasteiger partial charge in [0.1, 0.15) is 10.1 Å². The third-order valence-corrected chi connectivity index (χ3v) is 4.20. The molecule has 0 spiro atoms. The first-order chi connectivity index (χ1) is 9.99. The summed E-state index contributed by atoms with van der Waals surface area (Å²) in [6, 6.07) is 11.5. The topological polar surface area (TPSA) is 60.9 Å². The maximum absolute atomic E-state index is 12.6. The smallest absolute Gasteiger partial charge is 0.273 e. The molecule has 3 rings (SSSR count). The van der Waals surface area contributed by atoms with Gasteiger partial charge in [-0.2, -0.15) is 0 Å².